The minimum Gasteiger partial charge on any atom is -0.357 e. The van der Waals surface area contributed by atoms with E-state index >= 15 is 0 Å². The molecule has 0 fully saturated rings. The van der Waals surface area contributed by atoms with Crippen LogP contribution >= 0.6 is 23.4 Å². The molecule has 0 unspecified atom stereocenters. The highest BCUT2D eigenvalue weighted by Crippen LogP contribution is 2.19. The molecule has 2 N–H and O–H groups in total. The van der Waals surface area contributed by atoms with Crippen LogP contribution in [0.3, 0.4) is 0 Å². The Balaban J connectivity index is 1.77. The molecule has 0 amide bonds. The first-order valence-corrected chi connectivity index (χ1v) is 8.79. The maximum absolute atomic E-state index is 5.88. The van der Waals surface area contributed by atoms with Crippen LogP contribution < -0.4 is 10.6 Å². The predicted octanol–water partition coefficient (Wildman–Crippen LogP) is 2.32. The zero-order chi connectivity index (χ0) is 16.5. The Bertz CT molecular complexity index is 625. The minimum atomic E-state index is 0.496. The van der Waals surface area contributed by atoms with Gasteiger partial charge in [0.15, 0.2) is 5.96 Å². The number of aliphatic imine (C=N–C) groups is 1. The normalized spacial score (nSPS) is 11.5. The van der Waals surface area contributed by atoms with Crippen LogP contribution in [-0.4, -0.2) is 39.6 Å². The summed E-state index contributed by atoms with van der Waals surface area (Å²) in [5.41, 5.74) is 0. The van der Waals surface area contributed by atoms with Crippen molar-refractivity contribution in [1.29, 1.82) is 0 Å². The average molecular weight is 353 g/mol. The van der Waals surface area contributed by atoms with E-state index in [1.165, 1.54) is 11.2 Å². The van der Waals surface area contributed by atoms with Gasteiger partial charge in [-0.05, 0) is 31.2 Å². The molecule has 23 heavy (non-hydrogen) atoms. The molecule has 0 aliphatic carbocycles. The molecule has 0 aliphatic heterocycles. The molecule has 1 aromatic heterocycles. The van der Waals surface area contributed by atoms with Gasteiger partial charge in [-0.1, -0.05) is 11.6 Å². The largest absolute Gasteiger partial charge is 0.357 e. The van der Waals surface area contributed by atoms with E-state index in [1.54, 1.807) is 16.4 Å². The van der Waals surface area contributed by atoms with Crippen LogP contribution in [0.25, 0.3) is 0 Å². The summed E-state index contributed by atoms with van der Waals surface area (Å²) < 4.78 is 1.73. The van der Waals surface area contributed by atoms with Gasteiger partial charge in [-0.25, -0.2) is 9.98 Å². The van der Waals surface area contributed by atoms with Crippen molar-refractivity contribution in [2.45, 2.75) is 18.4 Å². The van der Waals surface area contributed by atoms with Gasteiger partial charge in [0.05, 0.1) is 0 Å². The van der Waals surface area contributed by atoms with Crippen molar-refractivity contribution < 1.29 is 0 Å². The Kier molecular flexibility index (Phi) is 7.22. The Morgan fingerprint density at radius 1 is 1.30 bits per heavy atom. The zero-order valence-corrected chi connectivity index (χ0v) is 14.9. The number of halogens is 1. The Morgan fingerprint density at radius 2 is 2.09 bits per heavy atom. The average Bonchev–Trinajstić information content (AvgIpc) is 2.96. The van der Waals surface area contributed by atoms with Gasteiger partial charge in [0.25, 0.3) is 0 Å². The van der Waals surface area contributed by atoms with Gasteiger partial charge in [0, 0.05) is 35.8 Å². The Hall–Kier alpha value is -1.73. The van der Waals surface area contributed by atoms with Gasteiger partial charge in [-0.3, -0.25) is 4.68 Å². The number of hydrogen-bond acceptors (Lipinski definition) is 4. The molecular weight excluding hydrogens is 332 g/mol. The number of nitrogens with zero attached hydrogens (tertiary/aromatic N) is 4. The number of guanidine groups is 1. The lowest BCUT2D eigenvalue weighted by Crippen LogP contribution is -2.38. The molecule has 6 nitrogen and oxygen atoms in total. The maximum Gasteiger partial charge on any atom is 0.191 e. The van der Waals surface area contributed by atoms with Crippen LogP contribution in [0.4, 0.5) is 0 Å². The number of rotatable bonds is 7. The van der Waals surface area contributed by atoms with E-state index in [0.29, 0.717) is 6.54 Å². The summed E-state index contributed by atoms with van der Waals surface area (Å²) in [6, 6.07) is 7.87. The number of thioether (sulfide) groups is 1. The first-order chi connectivity index (χ1) is 11.2. The number of hydrogen-bond donors (Lipinski definition) is 2. The van der Waals surface area contributed by atoms with Gasteiger partial charge >= 0.3 is 0 Å². The van der Waals surface area contributed by atoms with Crippen LogP contribution in [0.2, 0.25) is 5.02 Å². The van der Waals surface area contributed by atoms with E-state index < -0.39 is 0 Å². The lowest BCUT2D eigenvalue weighted by atomic mass is 10.4. The van der Waals surface area contributed by atoms with Crippen molar-refractivity contribution in [2.24, 2.45) is 12.0 Å². The molecule has 0 atom stereocenters. The van der Waals surface area contributed by atoms with Crippen LogP contribution in [-0.2, 0) is 13.6 Å². The fourth-order valence-electron chi connectivity index (χ4n) is 1.82. The highest BCUT2D eigenvalue weighted by atomic mass is 35.5. The van der Waals surface area contributed by atoms with Crippen molar-refractivity contribution in [2.75, 3.05) is 18.8 Å². The number of benzene rings is 1. The first kappa shape index (κ1) is 17.6. The molecular formula is C15H21ClN6S. The number of aryl methyl sites for hydroxylation is 1. The van der Waals surface area contributed by atoms with Crippen molar-refractivity contribution in [3.63, 3.8) is 0 Å². The summed E-state index contributed by atoms with van der Waals surface area (Å²) in [7, 11) is 1.86. The molecule has 8 heteroatoms. The number of nitrogens with one attached hydrogen (secondary N) is 2. The lowest BCUT2D eigenvalue weighted by Gasteiger charge is -2.11. The van der Waals surface area contributed by atoms with Crippen molar-refractivity contribution in [3.05, 3.63) is 41.4 Å². The number of aromatic nitrogens is 3. The molecule has 0 saturated carbocycles. The SMILES string of the molecule is CCNC(=NCc1ncnn1C)NCCSc1ccc(Cl)cc1. The molecule has 0 aliphatic rings. The summed E-state index contributed by atoms with van der Waals surface area (Å²) in [5.74, 6) is 2.56. The Labute approximate surface area is 145 Å². The highest BCUT2D eigenvalue weighted by Gasteiger charge is 2.01. The van der Waals surface area contributed by atoms with Gasteiger partial charge in [0.2, 0.25) is 0 Å². The standard InChI is InChI=1S/C15H21ClN6S/c1-3-17-15(19-10-14-20-11-21-22(14)2)18-8-9-23-13-6-4-12(16)5-7-13/h4-7,11H,3,8-10H2,1-2H3,(H2,17,18,19). The summed E-state index contributed by atoms with van der Waals surface area (Å²) in [6.07, 6.45) is 1.54. The molecule has 1 aromatic carbocycles. The molecule has 0 saturated heterocycles. The van der Waals surface area contributed by atoms with E-state index in [-0.39, 0.29) is 0 Å². The molecule has 0 radical (unpaired) electrons. The van der Waals surface area contributed by atoms with Crippen molar-refractivity contribution in [3.8, 4) is 0 Å². The van der Waals surface area contributed by atoms with Crippen molar-refractivity contribution in [1.82, 2.24) is 25.4 Å². The zero-order valence-electron chi connectivity index (χ0n) is 13.3. The third kappa shape index (κ3) is 6.11. The van der Waals surface area contributed by atoms with Gasteiger partial charge in [-0.2, -0.15) is 5.10 Å². The van der Waals surface area contributed by atoms with Crippen molar-refractivity contribution >= 4 is 29.3 Å². The lowest BCUT2D eigenvalue weighted by molar-refractivity contribution is 0.698. The summed E-state index contributed by atoms with van der Waals surface area (Å²) in [6.45, 7) is 4.17. The molecule has 0 spiro atoms. The van der Waals surface area contributed by atoms with E-state index in [0.717, 1.165) is 35.6 Å². The second kappa shape index (κ2) is 9.42. The summed E-state index contributed by atoms with van der Waals surface area (Å²) in [5, 5.41) is 11.3. The highest BCUT2D eigenvalue weighted by molar-refractivity contribution is 7.99. The molecule has 1 heterocycles. The monoisotopic (exact) mass is 352 g/mol. The quantitative estimate of drug-likeness (QED) is 0.346. The second-order valence-electron chi connectivity index (χ2n) is 4.72. The van der Waals surface area contributed by atoms with E-state index in [4.69, 9.17) is 11.6 Å². The molecule has 2 aromatic rings. The Morgan fingerprint density at radius 3 is 2.74 bits per heavy atom. The predicted molar refractivity (Wildman–Crippen MR) is 96.0 cm³/mol. The molecule has 0 bridgehead atoms. The van der Waals surface area contributed by atoms with Crippen LogP contribution in [0, 0.1) is 0 Å². The fourth-order valence-corrected chi connectivity index (χ4v) is 2.72. The smallest absolute Gasteiger partial charge is 0.191 e. The van der Waals surface area contributed by atoms with E-state index in [1.807, 2.05) is 38.2 Å². The minimum absolute atomic E-state index is 0.496. The van der Waals surface area contributed by atoms with Gasteiger partial charge < -0.3 is 10.6 Å². The van der Waals surface area contributed by atoms with Crippen LogP contribution in [0.1, 0.15) is 12.7 Å². The van der Waals surface area contributed by atoms with Crippen LogP contribution in [0.5, 0.6) is 0 Å². The second-order valence-corrected chi connectivity index (χ2v) is 6.33. The maximum atomic E-state index is 5.88. The van der Waals surface area contributed by atoms with E-state index in [2.05, 4.69) is 25.7 Å². The third-order valence-electron chi connectivity index (χ3n) is 3.00. The molecule has 124 valence electrons. The fraction of sp³-hybridized carbons (Fsp3) is 0.400. The van der Waals surface area contributed by atoms with Gasteiger partial charge in [0.1, 0.15) is 18.7 Å². The van der Waals surface area contributed by atoms with Crippen LogP contribution in [0.15, 0.2) is 40.5 Å². The van der Waals surface area contributed by atoms with Gasteiger partial charge in [-0.15, -0.1) is 11.8 Å². The molecule has 2 rings (SSSR count). The summed E-state index contributed by atoms with van der Waals surface area (Å²) >= 11 is 7.66. The third-order valence-corrected chi connectivity index (χ3v) is 4.27. The summed E-state index contributed by atoms with van der Waals surface area (Å²) in [4.78, 5) is 9.89. The van der Waals surface area contributed by atoms with E-state index in [9.17, 15) is 0 Å². The first-order valence-electron chi connectivity index (χ1n) is 7.42. The topological polar surface area (TPSA) is 67.1 Å².